The van der Waals surface area contributed by atoms with Crippen molar-refractivity contribution >= 4 is 146 Å². The number of thioether (sulfide) groups is 1. The highest BCUT2D eigenvalue weighted by Crippen LogP contribution is 2.38. The largest absolute Gasteiger partial charge is 0.494 e. The van der Waals surface area contributed by atoms with E-state index in [1.54, 1.807) is 109 Å². The maximum atomic E-state index is 12.3. The number of hydrogen-bond acceptors (Lipinski definition) is 18. The highest BCUT2D eigenvalue weighted by Gasteiger charge is 2.34. The Kier molecular flexibility index (Phi) is 35.3. The molecule has 89 heavy (non-hydrogen) atoms. The number of alkyl halides is 6. The number of benzene rings is 8. The zero-order valence-electron chi connectivity index (χ0n) is 46.1. The number of nitrogens with zero attached hydrogens (tertiary/aromatic N) is 7. The number of carbonyl (C=O) groups is 1. The molecule has 8 aromatic rings. The van der Waals surface area contributed by atoms with E-state index >= 15 is 0 Å². The van der Waals surface area contributed by atoms with E-state index in [4.69, 9.17) is 32.7 Å². The lowest BCUT2D eigenvalue weighted by Gasteiger charge is -2.08. The van der Waals surface area contributed by atoms with Gasteiger partial charge in [0.15, 0.2) is 5.78 Å². The molecule has 0 spiro atoms. The topological polar surface area (TPSA) is 242 Å². The van der Waals surface area contributed by atoms with Crippen molar-refractivity contribution in [1.29, 1.82) is 0 Å². The predicted molar refractivity (Wildman–Crippen MR) is 332 cm³/mol. The van der Waals surface area contributed by atoms with Crippen LogP contribution in [0.4, 0.5) is 66.2 Å². The lowest BCUT2D eigenvalue weighted by Crippen LogP contribution is -2.05. The Hall–Kier alpha value is -10.1. The number of carbonyl (C=O) groups excluding carboxylic acids is 8. The first-order valence-electron chi connectivity index (χ1n) is 24.4. The molecule has 0 aromatic heterocycles. The van der Waals surface area contributed by atoms with Crippen molar-refractivity contribution in [2.45, 2.75) is 31.1 Å². The molecular weight excluding hydrogens is 1350 g/mol. The second-order valence-electron chi connectivity index (χ2n) is 15.9. The van der Waals surface area contributed by atoms with Gasteiger partial charge >= 0.3 is 12.4 Å². The number of isocyanates is 7. The van der Waals surface area contributed by atoms with E-state index in [0.717, 1.165) is 44.3 Å². The molecule has 454 valence electrons. The molecule has 0 unspecified atom stereocenters. The van der Waals surface area contributed by atoms with E-state index in [2.05, 4.69) is 57.5 Å². The van der Waals surface area contributed by atoms with E-state index in [-0.39, 0.29) is 16.5 Å². The van der Waals surface area contributed by atoms with Crippen LogP contribution in [0.1, 0.15) is 35.3 Å². The van der Waals surface area contributed by atoms with Crippen molar-refractivity contribution in [3.05, 3.63) is 218 Å². The van der Waals surface area contributed by atoms with Gasteiger partial charge in [-0.05, 0) is 213 Å². The lowest BCUT2D eigenvalue weighted by molar-refractivity contribution is -0.138. The van der Waals surface area contributed by atoms with Gasteiger partial charge in [0.05, 0.1) is 62.6 Å². The molecule has 0 saturated carbocycles. The Morgan fingerprint density at radius 1 is 0.472 bits per heavy atom. The highest BCUT2D eigenvalue weighted by molar-refractivity contribution is 14.1. The fourth-order valence-corrected chi connectivity index (χ4v) is 7.10. The third-order valence-electron chi connectivity index (χ3n) is 9.87. The van der Waals surface area contributed by atoms with E-state index in [9.17, 15) is 64.7 Å². The molecule has 0 bridgehead atoms. The number of hydrogen-bond donors (Lipinski definition) is 0. The normalized spacial score (nSPS) is 9.48. The zero-order valence-corrected chi connectivity index (χ0v) is 50.6. The van der Waals surface area contributed by atoms with Crippen LogP contribution in [0.5, 0.6) is 17.2 Å². The predicted octanol–water partition coefficient (Wildman–Crippen LogP) is 18.6. The van der Waals surface area contributed by atoms with Crippen LogP contribution in [0.3, 0.4) is 0 Å². The van der Waals surface area contributed by atoms with E-state index in [1.165, 1.54) is 49.5 Å². The summed E-state index contributed by atoms with van der Waals surface area (Å²) < 4.78 is 85.5. The molecule has 0 saturated heterocycles. The highest BCUT2D eigenvalue weighted by atomic mass is 127. The van der Waals surface area contributed by atoms with Crippen LogP contribution < -0.4 is 9.47 Å². The summed E-state index contributed by atoms with van der Waals surface area (Å²) in [4.78, 5) is 104. The second-order valence-corrected chi connectivity index (χ2v) is 18.8. The number of ketones is 1. The molecule has 8 rings (SSSR count). The summed E-state index contributed by atoms with van der Waals surface area (Å²) >= 11 is 14.5. The lowest BCUT2D eigenvalue weighted by atomic mass is 10.1. The minimum atomic E-state index is -4.58. The Labute approximate surface area is 531 Å². The summed E-state index contributed by atoms with van der Waals surface area (Å²) in [6.07, 6.45) is 2.41. The van der Waals surface area contributed by atoms with E-state index < -0.39 is 34.2 Å². The Balaban J connectivity index is 0.000000356. The zero-order chi connectivity index (χ0) is 66.0. The molecule has 17 nitrogen and oxygen atoms in total. The molecule has 8 aromatic carbocycles. The first-order chi connectivity index (χ1) is 42.6. The standard InChI is InChI=1S/C13H9NO2.C9H7NO2.C9H9NO2.2C8H3ClF3NO.C8H7NOS.C7H4INO/c15-10-14-11-6-8-13(9-7-11)16-12-4-2-1-3-5-12;1-7(12)8-2-4-9(5-3-8)10-6-11;1-2-12-9-5-3-8(4-6-9)10-7-11;9-7-2-1-5(13-4-14)3-6(7)8(10,11)12;9-5-1-2-7(13-4-14)6(3-5)8(10,11)12;1-11-8-4-2-7(3-5-8)9-6-10;8-6-1-3-7(4-2-6)9-5-10/h1-9H;2-5H,1H3;3-6H,2H2,1H3;2*1-3H;2-5H,1H3;1-4H. The second kappa shape index (κ2) is 41.9. The third kappa shape index (κ3) is 31.2. The van der Waals surface area contributed by atoms with Crippen molar-refractivity contribution in [1.82, 2.24) is 0 Å². The van der Waals surface area contributed by atoms with Gasteiger partial charge in [0.1, 0.15) is 17.2 Å². The minimum absolute atomic E-state index is 0.00312. The molecule has 0 radical (unpaired) electrons. The Morgan fingerprint density at radius 2 is 0.854 bits per heavy atom. The SMILES string of the molecule is CC(=O)c1ccc(N=C=O)cc1.CCOc1ccc(N=C=O)cc1.CSc1ccc(N=C=O)cc1.O=C=Nc1ccc(Cl)c(C(F)(F)F)c1.O=C=Nc1ccc(Cl)cc1C(F)(F)F.O=C=Nc1ccc(I)cc1.O=C=Nc1ccc(Oc2ccccc2)cc1. The Bertz CT molecular complexity index is 3870. The van der Waals surface area contributed by atoms with Crippen LogP contribution in [-0.4, -0.2) is 61.2 Å². The average molecular weight is 1390 g/mol. The fourth-order valence-electron chi connectivity index (χ4n) is 5.94. The van der Waals surface area contributed by atoms with Crippen LogP contribution in [0.25, 0.3) is 0 Å². The van der Waals surface area contributed by atoms with Gasteiger partial charge in [-0.1, -0.05) is 41.4 Å². The van der Waals surface area contributed by atoms with Crippen LogP contribution in [-0.2, 0) is 45.9 Å². The summed E-state index contributed by atoms with van der Waals surface area (Å²) in [6.45, 7) is 4.03. The molecule has 0 aliphatic rings. The molecule has 0 amide bonds. The number of halogens is 9. The third-order valence-corrected chi connectivity index (χ3v) is 11.9. The number of aliphatic imine (C=N–C) groups is 7. The van der Waals surface area contributed by atoms with Crippen LogP contribution in [0.15, 0.2) is 228 Å². The van der Waals surface area contributed by atoms with Gasteiger partial charge in [0.25, 0.3) is 0 Å². The van der Waals surface area contributed by atoms with Crippen molar-refractivity contribution < 1.29 is 74.2 Å². The molecular formula is C62H42Cl2F6IN7O10S. The Morgan fingerprint density at radius 3 is 1.26 bits per heavy atom. The molecule has 0 aliphatic heterocycles. The number of para-hydroxylation sites is 1. The monoisotopic (exact) mass is 1390 g/mol. The molecule has 0 N–H and O–H groups in total. The van der Waals surface area contributed by atoms with Gasteiger partial charge in [-0.3, -0.25) is 4.79 Å². The maximum absolute atomic E-state index is 12.3. The van der Waals surface area contributed by atoms with Gasteiger partial charge in [-0.2, -0.15) is 61.3 Å². The van der Waals surface area contributed by atoms with Crippen molar-refractivity contribution in [2.75, 3.05) is 12.9 Å². The van der Waals surface area contributed by atoms with Gasteiger partial charge in [0.2, 0.25) is 42.6 Å². The average Bonchev–Trinajstić information content (AvgIpc) is 1.93. The molecule has 0 heterocycles. The van der Waals surface area contributed by atoms with E-state index in [1.807, 2.05) is 67.8 Å². The van der Waals surface area contributed by atoms with Crippen molar-refractivity contribution in [3.63, 3.8) is 0 Å². The van der Waals surface area contributed by atoms with Crippen LogP contribution in [0, 0.1) is 3.57 Å². The van der Waals surface area contributed by atoms with Gasteiger partial charge in [0, 0.05) is 19.1 Å². The molecule has 27 heteroatoms. The molecule has 0 fully saturated rings. The smallest absolute Gasteiger partial charge is 0.418 e. The first kappa shape index (κ1) is 75.0. The summed E-state index contributed by atoms with van der Waals surface area (Å²) in [5.41, 5.74) is 0.893. The number of ether oxygens (including phenoxy) is 2. The van der Waals surface area contributed by atoms with Gasteiger partial charge in [-0.25, -0.2) is 33.6 Å². The maximum Gasteiger partial charge on any atom is 0.418 e. The molecule has 0 atom stereocenters. The van der Waals surface area contributed by atoms with Crippen molar-refractivity contribution in [2.24, 2.45) is 34.9 Å². The summed E-state index contributed by atoms with van der Waals surface area (Å²) in [5.74, 6) is 2.25. The fraction of sp³-hybridized carbons (Fsp3) is 0.0968. The van der Waals surface area contributed by atoms with Crippen molar-refractivity contribution in [3.8, 4) is 17.2 Å². The van der Waals surface area contributed by atoms with Crippen LogP contribution >= 0.6 is 57.6 Å². The number of rotatable bonds is 13. The summed E-state index contributed by atoms with van der Waals surface area (Å²) in [6, 6.07) is 50.3. The quantitative estimate of drug-likeness (QED) is 0.0262. The van der Waals surface area contributed by atoms with Crippen LogP contribution in [0.2, 0.25) is 10.0 Å². The molecule has 0 aliphatic carbocycles. The van der Waals surface area contributed by atoms with E-state index in [0.29, 0.717) is 58.5 Å². The van der Waals surface area contributed by atoms with Gasteiger partial charge < -0.3 is 9.47 Å². The van der Waals surface area contributed by atoms with Gasteiger partial charge in [-0.15, -0.1) is 11.8 Å². The number of Topliss-reactive ketones (excluding diaryl/α,β-unsaturated/α-hetero) is 1. The minimum Gasteiger partial charge on any atom is -0.494 e. The summed E-state index contributed by atoms with van der Waals surface area (Å²) in [5, 5.41) is -0.496. The summed E-state index contributed by atoms with van der Waals surface area (Å²) in [7, 11) is 0. The first-order valence-corrected chi connectivity index (χ1v) is 27.5.